The number of sulfonamides is 1. The van der Waals surface area contributed by atoms with E-state index in [0.29, 0.717) is 11.5 Å². The lowest BCUT2D eigenvalue weighted by Crippen LogP contribution is -2.54. The van der Waals surface area contributed by atoms with Gasteiger partial charge in [-0.3, -0.25) is 13.9 Å². The average Bonchev–Trinajstić information content (AvgIpc) is 3.22. The zero-order chi connectivity index (χ0) is 26.0. The van der Waals surface area contributed by atoms with E-state index in [1.54, 1.807) is 19.1 Å². The Balaban J connectivity index is 1.91. The second-order valence-corrected chi connectivity index (χ2v) is 12.2. The van der Waals surface area contributed by atoms with Gasteiger partial charge in [-0.25, -0.2) is 8.42 Å². The summed E-state index contributed by atoms with van der Waals surface area (Å²) in [4.78, 5) is 27.9. The van der Waals surface area contributed by atoms with Gasteiger partial charge in [-0.15, -0.1) is 0 Å². The quantitative estimate of drug-likeness (QED) is 0.524. The number of ether oxygens (including phenoxy) is 2. The number of nitrogens with zero attached hydrogens (tertiary/aromatic N) is 2. The molecule has 0 spiro atoms. The predicted molar refractivity (Wildman–Crippen MR) is 137 cm³/mol. The number of benzene rings is 2. The molecule has 1 unspecified atom stereocenters. The van der Waals surface area contributed by atoms with Crippen molar-refractivity contribution in [3.63, 3.8) is 0 Å². The molecular weight excluding hydrogens is 538 g/mol. The molecule has 2 aromatic rings. The first kappa shape index (κ1) is 26.8. The minimum absolute atomic E-state index is 0.0396. The van der Waals surface area contributed by atoms with Crippen LogP contribution in [0.5, 0.6) is 11.5 Å². The van der Waals surface area contributed by atoms with Crippen LogP contribution in [0.1, 0.15) is 33.3 Å². The predicted octanol–water partition coefficient (Wildman–Crippen LogP) is 3.28. The first-order valence-corrected chi connectivity index (χ1v) is 13.6. The smallest absolute Gasteiger partial charge is 0.244 e. The first-order valence-electron chi connectivity index (χ1n) is 11.0. The lowest BCUT2D eigenvalue weighted by molar-refractivity contribution is -0.140. The van der Waals surface area contributed by atoms with Crippen LogP contribution < -0.4 is 19.1 Å². The minimum Gasteiger partial charge on any atom is -0.454 e. The molecule has 0 radical (unpaired) electrons. The molecule has 1 N–H and O–H groups in total. The van der Waals surface area contributed by atoms with Crippen molar-refractivity contribution in [2.45, 2.75) is 45.8 Å². The Labute approximate surface area is 214 Å². The minimum atomic E-state index is -3.83. The summed E-state index contributed by atoms with van der Waals surface area (Å²) in [6.45, 7) is 6.86. The fourth-order valence-electron chi connectivity index (χ4n) is 3.50. The maximum Gasteiger partial charge on any atom is 0.244 e. The van der Waals surface area contributed by atoms with Crippen LogP contribution in [-0.4, -0.2) is 56.3 Å². The van der Waals surface area contributed by atoms with Crippen molar-refractivity contribution in [1.29, 1.82) is 0 Å². The monoisotopic (exact) mass is 567 g/mol. The van der Waals surface area contributed by atoms with Gasteiger partial charge in [0, 0.05) is 22.6 Å². The highest BCUT2D eigenvalue weighted by atomic mass is 79.9. The fraction of sp³-hybridized carbons (Fsp3) is 0.417. The van der Waals surface area contributed by atoms with Crippen molar-refractivity contribution in [3.05, 3.63) is 52.5 Å². The standard InChI is InChI=1S/C24H30BrN3O6S/c1-16(23(30)26-24(2,3)4)27(13-17-6-8-18(25)9-7-17)22(29)14-28(35(5,31)32)19-10-11-20-21(12-19)34-15-33-20/h6-12,16H,13-15H2,1-5H3,(H,26,30). The van der Waals surface area contributed by atoms with Crippen LogP contribution in [0.15, 0.2) is 46.9 Å². The van der Waals surface area contributed by atoms with E-state index in [1.807, 2.05) is 45.0 Å². The zero-order valence-corrected chi connectivity index (χ0v) is 22.8. The van der Waals surface area contributed by atoms with Gasteiger partial charge in [-0.05, 0) is 57.5 Å². The Hall–Kier alpha value is -2.79. The SMILES string of the molecule is CC(C(=O)NC(C)(C)C)N(Cc1ccc(Br)cc1)C(=O)CN(c1ccc2c(c1)OCO2)S(C)(=O)=O. The molecule has 9 nitrogen and oxygen atoms in total. The van der Waals surface area contributed by atoms with E-state index in [0.717, 1.165) is 20.6 Å². The lowest BCUT2D eigenvalue weighted by Gasteiger charge is -2.33. The number of carbonyl (C=O) groups is 2. The number of hydrogen-bond donors (Lipinski definition) is 1. The highest BCUT2D eigenvalue weighted by Gasteiger charge is 2.32. The number of fused-ring (bicyclic) bond motifs is 1. The van der Waals surface area contributed by atoms with E-state index in [1.165, 1.54) is 11.0 Å². The molecule has 1 aliphatic heterocycles. The normalized spacial score (nSPS) is 13.8. The lowest BCUT2D eigenvalue weighted by atomic mass is 10.1. The van der Waals surface area contributed by atoms with Crippen LogP contribution in [0, 0.1) is 0 Å². The average molecular weight is 568 g/mol. The summed E-state index contributed by atoms with van der Waals surface area (Å²) in [5, 5.41) is 2.89. The van der Waals surface area contributed by atoms with Crippen LogP contribution in [0.25, 0.3) is 0 Å². The van der Waals surface area contributed by atoms with Gasteiger partial charge in [0.25, 0.3) is 0 Å². The molecule has 1 aliphatic rings. The Kier molecular flexibility index (Phi) is 8.00. The van der Waals surface area contributed by atoms with Crippen molar-refractivity contribution >= 4 is 43.5 Å². The molecular formula is C24H30BrN3O6S. The van der Waals surface area contributed by atoms with E-state index in [-0.39, 0.29) is 24.9 Å². The molecule has 0 aromatic heterocycles. The van der Waals surface area contributed by atoms with E-state index >= 15 is 0 Å². The molecule has 11 heteroatoms. The van der Waals surface area contributed by atoms with E-state index in [2.05, 4.69) is 21.2 Å². The Morgan fingerprint density at radius 2 is 1.71 bits per heavy atom. The number of anilines is 1. The maximum atomic E-state index is 13.6. The molecule has 2 amide bonds. The number of halogens is 1. The fourth-order valence-corrected chi connectivity index (χ4v) is 4.60. The van der Waals surface area contributed by atoms with Crippen molar-refractivity contribution in [1.82, 2.24) is 10.2 Å². The Bertz CT molecular complexity index is 1190. The second-order valence-electron chi connectivity index (χ2n) is 9.37. The summed E-state index contributed by atoms with van der Waals surface area (Å²) in [6.07, 6.45) is 1.03. The Morgan fingerprint density at radius 3 is 2.31 bits per heavy atom. The van der Waals surface area contributed by atoms with Crippen molar-refractivity contribution < 1.29 is 27.5 Å². The third kappa shape index (κ3) is 7.11. The number of rotatable bonds is 8. The number of hydrogen-bond acceptors (Lipinski definition) is 6. The topological polar surface area (TPSA) is 105 Å². The van der Waals surface area contributed by atoms with Gasteiger partial charge in [0.2, 0.25) is 28.6 Å². The zero-order valence-electron chi connectivity index (χ0n) is 20.4. The summed E-state index contributed by atoms with van der Waals surface area (Å²) in [5.74, 6) is 0.0376. The summed E-state index contributed by atoms with van der Waals surface area (Å²) < 4.78 is 37.9. The Morgan fingerprint density at radius 1 is 1.09 bits per heavy atom. The molecule has 190 valence electrons. The molecule has 1 atom stereocenters. The molecule has 0 saturated heterocycles. The highest BCUT2D eigenvalue weighted by molar-refractivity contribution is 9.10. The van der Waals surface area contributed by atoms with Gasteiger partial charge >= 0.3 is 0 Å². The van der Waals surface area contributed by atoms with E-state index in [9.17, 15) is 18.0 Å². The van der Waals surface area contributed by atoms with E-state index < -0.39 is 34.1 Å². The van der Waals surface area contributed by atoms with Crippen LogP contribution in [0.3, 0.4) is 0 Å². The molecule has 2 aromatic carbocycles. The second kappa shape index (κ2) is 10.4. The van der Waals surface area contributed by atoms with Crippen molar-refractivity contribution in [2.24, 2.45) is 0 Å². The number of carbonyl (C=O) groups excluding carboxylic acids is 2. The number of amides is 2. The van der Waals surface area contributed by atoms with Gasteiger partial charge in [0.15, 0.2) is 11.5 Å². The molecule has 35 heavy (non-hydrogen) atoms. The molecule has 3 rings (SSSR count). The van der Waals surface area contributed by atoms with Crippen LogP contribution >= 0.6 is 15.9 Å². The summed E-state index contributed by atoms with van der Waals surface area (Å²) >= 11 is 3.39. The van der Waals surface area contributed by atoms with E-state index in [4.69, 9.17) is 9.47 Å². The maximum absolute atomic E-state index is 13.6. The largest absolute Gasteiger partial charge is 0.454 e. The van der Waals surface area contributed by atoms with Gasteiger partial charge in [-0.1, -0.05) is 28.1 Å². The molecule has 0 fully saturated rings. The van der Waals surface area contributed by atoms with Crippen molar-refractivity contribution in [2.75, 3.05) is 23.9 Å². The van der Waals surface area contributed by atoms with Gasteiger partial charge in [0.05, 0.1) is 11.9 Å². The third-order valence-electron chi connectivity index (χ3n) is 5.26. The van der Waals surface area contributed by atoms with Crippen LogP contribution in [-0.2, 0) is 26.2 Å². The van der Waals surface area contributed by atoms with Gasteiger partial charge in [0.1, 0.15) is 12.6 Å². The molecule has 0 bridgehead atoms. The van der Waals surface area contributed by atoms with Crippen LogP contribution in [0.4, 0.5) is 5.69 Å². The van der Waals surface area contributed by atoms with Crippen molar-refractivity contribution in [3.8, 4) is 11.5 Å². The van der Waals surface area contributed by atoms with Gasteiger partial charge < -0.3 is 19.7 Å². The third-order valence-corrected chi connectivity index (χ3v) is 6.92. The van der Waals surface area contributed by atoms with Crippen LogP contribution in [0.2, 0.25) is 0 Å². The summed E-state index contributed by atoms with van der Waals surface area (Å²) in [7, 11) is -3.83. The molecule has 0 aliphatic carbocycles. The number of nitrogens with one attached hydrogen (secondary N) is 1. The van der Waals surface area contributed by atoms with Gasteiger partial charge in [-0.2, -0.15) is 0 Å². The molecule has 1 heterocycles. The highest BCUT2D eigenvalue weighted by Crippen LogP contribution is 2.36. The summed E-state index contributed by atoms with van der Waals surface area (Å²) in [5.41, 5.74) is 0.564. The first-order chi connectivity index (χ1) is 16.2. The molecule has 0 saturated carbocycles. The summed E-state index contributed by atoms with van der Waals surface area (Å²) in [6, 6.07) is 11.2.